The first-order chi connectivity index (χ1) is 17.8. The van der Waals surface area contributed by atoms with Gasteiger partial charge < -0.3 is 0 Å². The normalized spacial score (nSPS) is 11.4. The van der Waals surface area contributed by atoms with Gasteiger partial charge in [-0.3, -0.25) is 0 Å². The second-order valence-corrected chi connectivity index (χ2v) is 11.1. The fraction of sp³-hybridized carbons (Fsp3) is 0.735. The van der Waals surface area contributed by atoms with Gasteiger partial charge in [0.25, 0.3) is 5.82 Å². The minimum absolute atomic E-state index is 0.999. The van der Waals surface area contributed by atoms with Crippen LogP contribution in [0.1, 0.15) is 154 Å². The van der Waals surface area contributed by atoms with Crippen LogP contribution in [0.25, 0.3) is 0 Å². The molecule has 2 rings (SSSR count). The van der Waals surface area contributed by atoms with Crippen molar-refractivity contribution >= 4 is 0 Å². The van der Waals surface area contributed by atoms with Gasteiger partial charge in [-0.1, -0.05) is 153 Å². The molecule has 2 aromatic rings. The fourth-order valence-electron chi connectivity index (χ4n) is 5.45. The van der Waals surface area contributed by atoms with Crippen LogP contribution < -0.4 is 4.57 Å². The zero-order valence-electron chi connectivity index (χ0n) is 24.2. The highest BCUT2D eigenvalue weighted by Crippen LogP contribution is 2.14. The van der Waals surface area contributed by atoms with Crippen LogP contribution in [0.4, 0.5) is 0 Å². The Morgan fingerprint density at radius 3 is 1.56 bits per heavy atom. The summed E-state index contributed by atoms with van der Waals surface area (Å²) in [6.07, 6.45) is 34.1. The summed E-state index contributed by atoms with van der Waals surface area (Å²) >= 11 is 0. The van der Waals surface area contributed by atoms with Gasteiger partial charge in [0.2, 0.25) is 0 Å². The molecule has 0 unspecified atom stereocenters. The predicted molar refractivity (Wildman–Crippen MR) is 158 cm³/mol. The number of unbranched alkanes of at least 4 members (excludes halogenated alkanes) is 18. The molecule has 0 aliphatic carbocycles. The number of imidazole rings is 1. The quantitative estimate of drug-likeness (QED) is 0.101. The van der Waals surface area contributed by atoms with Crippen molar-refractivity contribution in [3.8, 4) is 0 Å². The molecule has 36 heavy (non-hydrogen) atoms. The molecule has 2 heteroatoms. The number of benzene rings is 1. The number of aromatic nitrogens is 2. The highest BCUT2D eigenvalue weighted by molar-refractivity contribution is 5.15. The van der Waals surface area contributed by atoms with Crippen LogP contribution >= 0.6 is 0 Å². The Morgan fingerprint density at radius 2 is 1.03 bits per heavy atom. The van der Waals surface area contributed by atoms with E-state index in [1.807, 2.05) is 0 Å². The van der Waals surface area contributed by atoms with Crippen LogP contribution in [-0.2, 0) is 19.5 Å². The van der Waals surface area contributed by atoms with Crippen molar-refractivity contribution in [2.45, 2.75) is 162 Å². The smallest absolute Gasteiger partial charge is 0.234 e. The van der Waals surface area contributed by atoms with Gasteiger partial charge in [0.1, 0.15) is 18.9 Å². The van der Waals surface area contributed by atoms with Gasteiger partial charge in [-0.15, -0.1) is 0 Å². The Kier molecular flexibility index (Phi) is 18.3. The molecule has 0 bridgehead atoms. The Labute approximate surface area is 224 Å². The minimum atomic E-state index is 0.999. The molecule has 0 atom stereocenters. The van der Waals surface area contributed by atoms with Crippen molar-refractivity contribution < 1.29 is 4.57 Å². The third kappa shape index (κ3) is 14.2. The average molecular weight is 496 g/mol. The van der Waals surface area contributed by atoms with Crippen molar-refractivity contribution in [3.63, 3.8) is 0 Å². The molecule has 1 aromatic heterocycles. The molecule has 2 nitrogen and oxygen atoms in total. The van der Waals surface area contributed by atoms with Gasteiger partial charge in [0, 0.05) is 6.42 Å². The van der Waals surface area contributed by atoms with E-state index in [0.29, 0.717) is 0 Å². The third-order valence-electron chi connectivity index (χ3n) is 7.79. The molecule has 0 radical (unpaired) electrons. The van der Waals surface area contributed by atoms with Crippen molar-refractivity contribution in [2.24, 2.45) is 0 Å². The lowest BCUT2D eigenvalue weighted by Gasteiger charge is -2.07. The zero-order valence-corrected chi connectivity index (χ0v) is 24.2. The van der Waals surface area contributed by atoms with E-state index < -0.39 is 0 Å². The van der Waals surface area contributed by atoms with Crippen LogP contribution in [-0.4, -0.2) is 4.57 Å². The van der Waals surface area contributed by atoms with E-state index in [4.69, 9.17) is 0 Å². The van der Waals surface area contributed by atoms with E-state index in [1.54, 1.807) is 0 Å². The van der Waals surface area contributed by atoms with Crippen LogP contribution in [0.3, 0.4) is 0 Å². The summed E-state index contributed by atoms with van der Waals surface area (Å²) in [6, 6.07) is 11.0. The Morgan fingerprint density at radius 1 is 0.556 bits per heavy atom. The van der Waals surface area contributed by atoms with Crippen LogP contribution in [0, 0.1) is 0 Å². The summed E-state index contributed by atoms with van der Waals surface area (Å²) in [7, 11) is 0. The first-order valence-electron chi connectivity index (χ1n) is 16.0. The van der Waals surface area contributed by atoms with E-state index in [9.17, 15) is 0 Å². The van der Waals surface area contributed by atoms with Crippen molar-refractivity contribution in [1.82, 2.24) is 4.57 Å². The van der Waals surface area contributed by atoms with E-state index >= 15 is 0 Å². The summed E-state index contributed by atoms with van der Waals surface area (Å²) in [5.74, 6) is 1.54. The van der Waals surface area contributed by atoms with Gasteiger partial charge in [0.15, 0.2) is 0 Å². The van der Waals surface area contributed by atoms with Crippen LogP contribution in [0.2, 0.25) is 0 Å². The monoisotopic (exact) mass is 495 g/mol. The van der Waals surface area contributed by atoms with E-state index in [1.165, 1.54) is 153 Å². The summed E-state index contributed by atoms with van der Waals surface area (Å²) in [6.45, 7) is 6.79. The highest BCUT2D eigenvalue weighted by atomic mass is 15.1. The molecule has 0 aliphatic rings. The first-order valence-corrected chi connectivity index (χ1v) is 16.0. The Bertz CT molecular complexity index is 733. The molecular formula is C34H59N2+. The summed E-state index contributed by atoms with van der Waals surface area (Å²) in [4.78, 5) is 0. The topological polar surface area (TPSA) is 8.81 Å². The molecule has 0 amide bonds. The minimum Gasteiger partial charge on any atom is -0.234 e. The number of hydrogen-bond donors (Lipinski definition) is 0. The van der Waals surface area contributed by atoms with E-state index in [-0.39, 0.29) is 0 Å². The molecule has 0 aliphatic heterocycles. The molecule has 0 N–H and O–H groups in total. The summed E-state index contributed by atoms with van der Waals surface area (Å²) in [5.41, 5.74) is 1.41. The van der Waals surface area contributed by atoms with Gasteiger partial charge >= 0.3 is 0 Å². The fourth-order valence-corrected chi connectivity index (χ4v) is 5.45. The van der Waals surface area contributed by atoms with Gasteiger partial charge in [-0.25, -0.2) is 9.13 Å². The van der Waals surface area contributed by atoms with Crippen molar-refractivity contribution in [1.29, 1.82) is 0 Å². The summed E-state index contributed by atoms with van der Waals surface area (Å²) < 4.78 is 5.08. The van der Waals surface area contributed by atoms with Gasteiger partial charge in [-0.2, -0.15) is 0 Å². The highest BCUT2D eigenvalue weighted by Gasteiger charge is 2.17. The molecule has 0 fully saturated rings. The molecule has 204 valence electrons. The average Bonchev–Trinajstić information content (AvgIpc) is 3.27. The largest absolute Gasteiger partial charge is 0.256 e. The Hall–Kier alpha value is -1.57. The molecule has 1 aromatic carbocycles. The molecule has 0 saturated carbocycles. The maximum absolute atomic E-state index is 2.56. The third-order valence-corrected chi connectivity index (χ3v) is 7.79. The molecule has 0 spiro atoms. The SMILES string of the molecule is CCCCCCCCCCCCCCCc1n(Cc2ccccc2)cc[n+]1CCCCCCCCC. The lowest BCUT2D eigenvalue weighted by molar-refractivity contribution is -0.704. The van der Waals surface area contributed by atoms with Crippen LogP contribution in [0.5, 0.6) is 0 Å². The second-order valence-electron chi connectivity index (χ2n) is 11.1. The lowest BCUT2D eigenvalue weighted by Crippen LogP contribution is -2.37. The maximum Gasteiger partial charge on any atom is 0.256 e. The maximum atomic E-state index is 2.56. The van der Waals surface area contributed by atoms with E-state index in [2.05, 4.69) is 65.7 Å². The zero-order chi connectivity index (χ0) is 25.5. The molecule has 0 saturated heterocycles. The number of aryl methyl sites for hydroxylation is 1. The van der Waals surface area contributed by atoms with Gasteiger partial charge in [0.05, 0.1) is 6.54 Å². The van der Waals surface area contributed by atoms with Gasteiger partial charge in [-0.05, 0) is 24.8 Å². The lowest BCUT2D eigenvalue weighted by atomic mass is 10.0. The van der Waals surface area contributed by atoms with E-state index in [0.717, 1.165) is 6.54 Å². The van der Waals surface area contributed by atoms with Crippen molar-refractivity contribution in [2.75, 3.05) is 0 Å². The summed E-state index contributed by atoms with van der Waals surface area (Å²) in [5, 5.41) is 0. The Balaban J connectivity index is 1.67. The standard InChI is InChI=1S/C34H59N2/c1-3-5-7-9-11-12-13-14-15-16-17-19-24-28-34-35(29-25-20-18-10-8-6-4-2)30-31-36(34)32-33-26-22-21-23-27-33/h21-23,26-27,30-31H,3-20,24-25,28-29,32H2,1-2H3/q+1. The number of nitrogens with zero attached hydrogens (tertiary/aromatic N) is 2. The van der Waals surface area contributed by atoms with Crippen molar-refractivity contribution in [3.05, 3.63) is 54.1 Å². The molecule has 1 heterocycles. The molecular weight excluding hydrogens is 436 g/mol. The first kappa shape index (κ1) is 30.7. The second kappa shape index (κ2) is 21.5. The number of rotatable bonds is 24. The van der Waals surface area contributed by atoms with Crippen LogP contribution in [0.15, 0.2) is 42.7 Å². The number of hydrogen-bond acceptors (Lipinski definition) is 0. The predicted octanol–water partition coefficient (Wildman–Crippen LogP) is 10.2.